The summed E-state index contributed by atoms with van der Waals surface area (Å²) in [6, 6.07) is 13.6. The van der Waals surface area contributed by atoms with Gasteiger partial charge in [-0.05, 0) is 37.6 Å². The fourth-order valence-electron chi connectivity index (χ4n) is 2.98. The number of ether oxygens (including phenoxy) is 3. The van der Waals surface area contributed by atoms with Crippen molar-refractivity contribution in [1.82, 2.24) is 4.90 Å². The fourth-order valence-corrected chi connectivity index (χ4v) is 3.36. The van der Waals surface area contributed by atoms with Crippen molar-refractivity contribution >= 4 is 39.8 Å². The first-order valence-corrected chi connectivity index (χ1v) is 10.5. The van der Waals surface area contributed by atoms with Gasteiger partial charge >= 0.3 is 18.2 Å². The molecular formula is C22H25BrN2O6. The molecular weight excluding hydrogens is 468 g/mol. The molecule has 8 nitrogen and oxygen atoms in total. The Morgan fingerprint density at radius 3 is 2.32 bits per heavy atom. The van der Waals surface area contributed by atoms with Crippen molar-refractivity contribution < 1.29 is 28.6 Å². The molecule has 0 aromatic heterocycles. The molecule has 2 rings (SSSR count). The first-order valence-electron chi connectivity index (χ1n) is 9.69. The van der Waals surface area contributed by atoms with Crippen molar-refractivity contribution in [3.8, 4) is 0 Å². The molecule has 0 saturated heterocycles. The van der Waals surface area contributed by atoms with E-state index in [0.717, 1.165) is 4.47 Å². The topological polar surface area (TPSA) is 94.2 Å². The maximum atomic E-state index is 12.9. The molecule has 166 valence electrons. The third-order valence-corrected chi connectivity index (χ3v) is 4.77. The van der Waals surface area contributed by atoms with E-state index >= 15 is 0 Å². The lowest BCUT2D eigenvalue weighted by Crippen LogP contribution is -2.40. The van der Waals surface area contributed by atoms with Crippen LogP contribution in [0.15, 0.2) is 53.0 Å². The molecule has 0 radical (unpaired) electrons. The number of nitrogens with zero attached hydrogens (tertiary/aromatic N) is 1. The minimum atomic E-state index is -0.756. The number of hydrogen-bond donors (Lipinski definition) is 1. The summed E-state index contributed by atoms with van der Waals surface area (Å²) in [7, 11) is 1.25. The van der Waals surface area contributed by atoms with Gasteiger partial charge in [0, 0.05) is 15.7 Å². The van der Waals surface area contributed by atoms with E-state index in [1.807, 2.05) is 30.3 Å². The smallest absolute Gasteiger partial charge is 0.411 e. The van der Waals surface area contributed by atoms with Crippen molar-refractivity contribution in [2.45, 2.75) is 19.9 Å². The molecule has 9 heteroatoms. The Labute approximate surface area is 189 Å². The Kier molecular flexibility index (Phi) is 9.33. The number of hydrogen-bond acceptors (Lipinski definition) is 6. The number of methoxy groups -OCH3 is 1. The molecule has 0 aliphatic carbocycles. The van der Waals surface area contributed by atoms with Gasteiger partial charge in [0.05, 0.1) is 26.4 Å². The van der Waals surface area contributed by atoms with Gasteiger partial charge in [0.25, 0.3) is 0 Å². The van der Waals surface area contributed by atoms with E-state index in [0.29, 0.717) is 16.8 Å². The molecule has 2 aromatic carbocycles. The lowest BCUT2D eigenvalue weighted by Gasteiger charge is -2.32. The zero-order valence-electron chi connectivity index (χ0n) is 17.6. The summed E-state index contributed by atoms with van der Waals surface area (Å²) in [6.45, 7) is 3.37. The fraction of sp³-hybridized carbons (Fsp3) is 0.318. The summed E-state index contributed by atoms with van der Waals surface area (Å²) >= 11 is 3.45. The predicted molar refractivity (Wildman–Crippen MR) is 119 cm³/mol. The van der Waals surface area contributed by atoms with Crippen molar-refractivity contribution in [1.29, 1.82) is 0 Å². The van der Waals surface area contributed by atoms with Crippen LogP contribution in [0.1, 0.15) is 31.0 Å². The number of rotatable bonds is 8. The van der Waals surface area contributed by atoms with Crippen molar-refractivity contribution in [2.24, 2.45) is 0 Å². The zero-order chi connectivity index (χ0) is 22.8. The van der Waals surface area contributed by atoms with Crippen molar-refractivity contribution in [3.63, 3.8) is 0 Å². The Balaban J connectivity index is 2.65. The largest absolute Gasteiger partial charge is 0.468 e. The van der Waals surface area contributed by atoms with E-state index in [-0.39, 0.29) is 19.8 Å². The van der Waals surface area contributed by atoms with Crippen LogP contribution in [0, 0.1) is 0 Å². The first-order chi connectivity index (χ1) is 14.9. The molecule has 1 unspecified atom stereocenters. The average Bonchev–Trinajstić information content (AvgIpc) is 2.76. The molecule has 0 spiro atoms. The average molecular weight is 493 g/mol. The van der Waals surface area contributed by atoms with Crippen LogP contribution in [-0.2, 0) is 19.0 Å². The number of esters is 1. The summed E-state index contributed by atoms with van der Waals surface area (Å²) in [5.74, 6) is -0.608. The van der Waals surface area contributed by atoms with Gasteiger partial charge in [-0.3, -0.25) is 15.0 Å². The third-order valence-electron chi connectivity index (χ3n) is 4.28. The quantitative estimate of drug-likeness (QED) is 0.422. The highest BCUT2D eigenvalue weighted by molar-refractivity contribution is 9.10. The second-order valence-corrected chi connectivity index (χ2v) is 7.21. The molecule has 31 heavy (non-hydrogen) atoms. The lowest BCUT2D eigenvalue weighted by atomic mass is 9.95. The van der Waals surface area contributed by atoms with E-state index in [2.05, 4.69) is 21.2 Å². The van der Waals surface area contributed by atoms with Crippen LogP contribution in [-0.4, -0.2) is 49.9 Å². The molecule has 2 amide bonds. The van der Waals surface area contributed by atoms with Gasteiger partial charge in [-0.15, -0.1) is 0 Å². The van der Waals surface area contributed by atoms with Gasteiger partial charge in [-0.25, -0.2) is 9.59 Å². The second kappa shape index (κ2) is 11.9. The number of carbonyl (C=O) groups is 3. The first kappa shape index (κ1) is 24.2. The highest BCUT2D eigenvalue weighted by Gasteiger charge is 2.32. The number of benzene rings is 2. The van der Waals surface area contributed by atoms with E-state index < -0.39 is 24.2 Å². The Morgan fingerprint density at radius 2 is 1.71 bits per heavy atom. The Morgan fingerprint density at radius 1 is 1.03 bits per heavy atom. The van der Waals surface area contributed by atoms with Gasteiger partial charge in [0.1, 0.15) is 6.54 Å². The maximum Gasteiger partial charge on any atom is 0.411 e. The normalized spacial score (nSPS) is 11.2. The molecule has 1 atom stereocenters. The predicted octanol–water partition coefficient (Wildman–Crippen LogP) is 4.74. The van der Waals surface area contributed by atoms with Crippen LogP contribution in [0.5, 0.6) is 0 Å². The third kappa shape index (κ3) is 6.71. The van der Waals surface area contributed by atoms with E-state index in [4.69, 9.17) is 14.2 Å². The van der Waals surface area contributed by atoms with Crippen LogP contribution >= 0.6 is 15.9 Å². The van der Waals surface area contributed by atoms with Crippen molar-refractivity contribution in [2.75, 3.05) is 32.2 Å². The van der Waals surface area contributed by atoms with E-state index in [9.17, 15) is 14.4 Å². The summed E-state index contributed by atoms with van der Waals surface area (Å²) in [5, 5.41) is 2.71. The van der Waals surface area contributed by atoms with E-state index in [1.165, 1.54) is 12.0 Å². The summed E-state index contributed by atoms with van der Waals surface area (Å²) in [5.41, 5.74) is 1.70. The molecule has 0 fully saturated rings. The van der Waals surface area contributed by atoms with Crippen LogP contribution < -0.4 is 5.32 Å². The highest BCUT2D eigenvalue weighted by atomic mass is 79.9. The van der Waals surface area contributed by atoms with Crippen LogP contribution in [0.3, 0.4) is 0 Å². The van der Waals surface area contributed by atoms with Crippen LogP contribution in [0.2, 0.25) is 0 Å². The van der Waals surface area contributed by atoms with Gasteiger partial charge < -0.3 is 14.2 Å². The minimum Gasteiger partial charge on any atom is -0.468 e. The van der Waals surface area contributed by atoms with Crippen LogP contribution in [0.4, 0.5) is 15.3 Å². The molecule has 0 heterocycles. The highest BCUT2D eigenvalue weighted by Crippen LogP contribution is 2.36. The number of nitrogens with one attached hydrogen (secondary N) is 1. The molecule has 0 bridgehead atoms. The number of carbonyl (C=O) groups excluding carboxylic acids is 3. The lowest BCUT2D eigenvalue weighted by molar-refractivity contribution is -0.142. The maximum absolute atomic E-state index is 12.9. The standard InChI is InChI=1S/C22H25BrN2O6/c1-4-30-21(27)24-18-12-11-16(23)13-17(18)20(15-9-7-6-8-10-15)25(14-19(26)29-3)22(28)31-5-2/h6-13,20H,4-5,14H2,1-3H3,(H,24,27). The number of amides is 2. The molecule has 0 aliphatic rings. The zero-order valence-corrected chi connectivity index (χ0v) is 19.2. The van der Waals surface area contributed by atoms with Gasteiger partial charge in [-0.1, -0.05) is 46.3 Å². The monoisotopic (exact) mass is 492 g/mol. The van der Waals surface area contributed by atoms with Crippen LogP contribution in [0.25, 0.3) is 0 Å². The summed E-state index contributed by atoms with van der Waals surface area (Å²) in [6.07, 6.45) is -1.32. The molecule has 0 aliphatic heterocycles. The van der Waals surface area contributed by atoms with Gasteiger partial charge in [-0.2, -0.15) is 0 Å². The van der Waals surface area contributed by atoms with Gasteiger partial charge in [0.2, 0.25) is 0 Å². The molecule has 2 aromatic rings. The van der Waals surface area contributed by atoms with Crippen molar-refractivity contribution in [3.05, 3.63) is 64.1 Å². The molecule has 0 saturated carbocycles. The SMILES string of the molecule is CCOC(=O)Nc1ccc(Br)cc1C(c1ccccc1)N(CC(=O)OC)C(=O)OCC. The number of halogens is 1. The Bertz CT molecular complexity index is 906. The minimum absolute atomic E-state index is 0.129. The number of anilines is 1. The molecule has 1 N–H and O–H groups in total. The van der Waals surface area contributed by atoms with Gasteiger partial charge in [0.15, 0.2) is 0 Å². The summed E-state index contributed by atoms with van der Waals surface area (Å²) < 4.78 is 15.7. The summed E-state index contributed by atoms with van der Waals surface area (Å²) in [4.78, 5) is 38.4. The van der Waals surface area contributed by atoms with E-state index in [1.54, 1.807) is 32.0 Å². The second-order valence-electron chi connectivity index (χ2n) is 6.29. The Hall–Kier alpha value is -3.07.